The summed E-state index contributed by atoms with van der Waals surface area (Å²) in [6.45, 7) is 5.81. The third-order valence-corrected chi connectivity index (χ3v) is 3.45. The van der Waals surface area contributed by atoms with E-state index in [-0.39, 0.29) is 12.0 Å². The Morgan fingerprint density at radius 2 is 2.28 bits per heavy atom. The minimum Gasteiger partial charge on any atom is -0.465 e. The summed E-state index contributed by atoms with van der Waals surface area (Å²) >= 11 is 0. The van der Waals surface area contributed by atoms with Crippen molar-refractivity contribution in [2.24, 2.45) is 0 Å². The van der Waals surface area contributed by atoms with Crippen molar-refractivity contribution in [1.82, 2.24) is 4.90 Å². The number of anilines is 1. The molecule has 1 aliphatic heterocycles. The standard InChI is InChI=1S/C14H20N2O2/c1-3-18-14(17)10(2)16-7-6-11-4-5-13(15)8-12(11)9-16/h4-5,8,10H,3,6-7,9,15H2,1-2H3. The predicted octanol–water partition coefficient (Wildman–Crippen LogP) is 1.58. The maximum Gasteiger partial charge on any atom is 0.323 e. The number of ether oxygens (including phenoxy) is 1. The first-order valence-electron chi connectivity index (χ1n) is 6.39. The van der Waals surface area contributed by atoms with E-state index in [1.165, 1.54) is 11.1 Å². The summed E-state index contributed by atoms with van der Waals surface area (Å²) in [5.74, 6) is -0.148. The predicted molar refractivity (Wildman–Crippen MR) is 71.1 cm³/mol. The van der Waals surface area contributed by atoms with Gasteiger partial charge < -0.3 is 10.5 Å². The minimum absolute atomic E-state index is 0.148. The van der Waals surface area contributed by atoms with Crippen molar-refractivity contribution in [3.63, 3.8) is 0 Å². The van der Waals surface area contributed by atoms with Crippen molar-refractivity contribution in [1.29, 1.82) is 0 Å². The Morgan fingerprint density at radius 3 is 3.00 bits per heavy atom. The normalized spacial score (nSPS) is 17.0. The number of nitrogen functional groups attached to an aromatic ring is 1. The van der Waals surface area contributed by atoms with Crippen LogP contribution in [0.15, 0.2) is 18.2 Å². The Bertz CT molecular complexity index is 445. The van der Waals surface area contributed by atoms with E-state index < -0.39 is 0 Å². The highest BCUT2D eigenvalue weighted by molar-refractivity contribution is 5.75. The third-order valence-electron chi connectivity index (χ3n) is 3.45. The molecule has 0 saturated heterocycles. The molecule has 98 valence electrons. The number of nitrogens with zero attached hydrogens (tertiary/aromatic N) is 1. The van der Waals surface area contributed by atoms with Gasteiger partial charge in [0.1, 0.15) is 6.04 Å². The zero-order valence-electron chi connectivity index (χ0n) is 11.0. The number of carbonyl (C=O) groups excluding carboxylic acids is 1. The minimum atomic E-state index is -0.195. The fraction of sp³-hybridized carbons (Fsp3) is 0.500. The molecule has 1 unspecified atom stereocenters. The molecule has 0 amide bonds. The molecule has 0 radical (unpaired) electrons. The van der Waals surface area contributed by atoms with E-state index in [1.807, 2.05) is 26.0 Å². The van der Waals surface area contributed by atoms with Crippen molar-refractivity contribution in [3.05, 3.63) is 29.3 Å². The fourth-order valence-electron chi connectivity index (χ4n) is 2.34. The molecule has 18 heavy (non-hydrogen) atoms. The molecule has 0 fully saturated rings. The van der Waals surface area contributed by atoms with Crippen LogP contribution in [0.25, 0.3) is 0 Å². The van der Waals surface area contributed by atoms with Crippen LogP contribution in [0.2, 0.25) is 0 Å². The Morgan fingerprint density at radius 1 is 1.50 bits per heavy atom. The summed E-state index contributed by atoms with van der Waals surface area (Å²) in [5, 5.41) is 0. The second-order valence-electron chi connectivity index (χ2n) is 4.68. The van der Waals surface area contributed by atoms with Gasteiger partial charge in [0, 0.05) is 18.8 Å². The zero-order chi connectivity index (χ0) is 13.1. The van der Waals surface area contributed by atoms with Crippen LogP contribution in [0.1, 0.15) is 25.0 Å². The van der Waals surface area contributed by atoms with E-state index in [1.54, 1.807) is 0 Å². The summed E-state index contributed by atoms with van der Waals surface area (Å²) in [6, 6.07) is 5.82. The van der Waals surface area contributed by atoms with Gasteiger partial charge in [0.2, 0.25) is 0 Å². The highest BCUT2D eigenvalue weighted by Crippen LogP contribution is 2.22. The molecule has 0 aromatic heterocycles. The lowest BCUT2D eigenvalue weighted by molar-refractivity contribution is -0.149. The number of fused-ring (bicyclic) bond motifs is 1. The first kappa shape index (κ1) is 12.9. The maximum absolute atomic E-state index is 11.7. The van der Waals surface area contributed by atoms with Gasteiger partial charge in [-0.05, 0) is 43.5 Å². The molecule has 0 spiro atoms. The highest BCUT2D eigenvalue weighted by Gasteiger charge is 2.26. The highest BCUT2D eigenvalue weighted by atomic mass is 16.5. The molecule has 2 N–H and O–H groups in total. The summed E-state index contributed by atoms with van der Waals surface area (Å²) in [5.41, 5.74) is 9.13. The molecule has 0 bridgehead atoms. The van der Waals surface area contributed by atoms with Gasteiger partial charge >= 0.3 is 5.97 Å². The average Bonchev–Trinajstić information content (AvgIpc) is 2.37. The van der Waals surface area contributed by atoms with E-state index in [2.05, 4.69) is 11.0 Å². The number of benzene rings is 1. The lowest BCUT2D eigenvalue weighted by atomic mass is 9.98. The van der Waals surface area contributed by atoms with Gasteiger partial charge in [-0.15, -0.1) is 0 Å². The molecule has 1 heterocycles. The van der Waals surface area contributed by atoms with Crippen LogP contribution in [0, 0.1) is 0 Å². The number of hydrogen-bond acceptors (Lipinski definition) is 4. The van der Waals surface area contributed by atoms with E-state index in [0.29, 0.717) is 6.61 Å². The molecule has 1 atom stereocenters. The fourth-order valence-corrected chi connectivity index (χ4v) is 2.34. The lowest BCUT2D eigenvalue weighted by Crippen LogP contribution is -2.42. The van der Waals surface area contributed by atoms with Crippen LogP contribution in [-0.4, -0.2) is 30.1 Å². The van der Waals surface area contributed by atoms with E-state index in [9.17, 15) is 4.79 Å². The summed E-state index contributed by atoms with van der Waals surface area (Å²) in [4.78, 5) is 13.9. The summed E-state index contributed by atoms with van der Waals surface area (Å²) in [7, 11) is 0. The molecule has 1 aliphatic rings. The first-order valence-corrected chi connectivity index (χ1v) is 6.39. The maximum atomic E-state index is 11.7. The van der Waals surface area contributed by atoms with E-state index in [4.69, 9.17) is 10.5 Å². The average molecular weight is 248 g/mol. The quantitative estimate of drug-likeness (QED) is 0.652. The Balaban J connectivity index is 2.09. The Kier molecular flexibility index (Phi) is 3.87. The molecule has 0 aliphatic carbocycles. The molecule has 1 aromatic carbocycles. The second kappa shape index (κ2) is 5.40. The summed E-state index contributed by atoms with van der Waals surface area (Å²) < 4.78 is 5.06. The number of nitrogens with two attached hydrogens (primary N) is 1. The lowest BCUT2D eigenvalue weighted by Gasteiger charge is -2.32. The molecular weight excluding hydrogens is 228 g/mol. The van der Waals surface area contributed by atoms with E-state index in [0.717, 1.165) is 25.2 Å². The summed E-state index contributed by atoms with van der Waals surface area (Å²) in [6.07, 6.45) is 0.958. The van der Waals surface area contributed by atoms with Gasteiger partial charge in [0.15, 0.2) is 0 Å². The van der Waals surface area contributed by atoms with Gasteiger partial charge in [0.25, 0.3) is 0 Å². The van der Waals surface area contributed by atoms with Crippen LogP contribution in [0.4, 0.5) is 5.69 Å². The van der Waals surface area contributed by atoms with Crippen LogP contribution >= 0.6 is 0 Å². The van der Waals surface area contributed by atoms with Crippen LogP contribution in [0.5, 0.6) is 0 Å². The van der Waals surface area contributed by atoms with Gasteiger partial charge in [-0.25, -0.2) is 0 Å². The van der Waals surface area contributed by atoms with Crippen molar-refractivity contribution in [3.8, 4) is 0 Å². The molecule has 4 nitrogen and oxygen atoms in total. The molecular formula is C14H20N2O2. The van der Waals surface area contributed by atoms with Crippen LogP contribution < -0.4 is 5.73 Å². The Labute approximate surface area is 108 Å². The van der Waals surface area contributed by atoms with Crippen molar-refractivity contribution in [2.45, 2.75) is 32.9 Å². The largest absolute Gasteiger partial charge is 0.465 e. The number of esters is 1. The van der Waals surface area contributed by atoms with Gasteiger partial charge in [-0.2, -0.15) is 0 Å². The first-order chi connectivity index (χ1) is 8.61. The third kappa shape index (κ3) is 2.64. The van der Waals surface area contributed by atoms with Gasteiger partial charge in [-0.3, -0.25) is 9.69 Å². The number of carbonyl (C=O) groups is 1. The second-order valence-corrected chi connectivity index (χ2v) is 4.68. The zero-order valence-corrected chi connectivity index (χ0v) is 11.0. The van der Waals surface area contributed by atoms with Crippen LogP contribution in [0.3, 0.4) is 0 Å². The van der Waals surface area contributed by atoms with Gasteiger partial charge in [-0.1, -0.05) is 6.07 Å². The van der Waals surface area contributed by atoms with Crippen molar-refractivity contribution < 1.29 is 9.53 Å². The van der Waals surface area contributed by atoms with Crippen molar-refractivity contribution >= 4 is 11.7 Å². The molecule has 0 saturated carbocycles. The molecule has 2 rings (SSSR count). The monoisotopic (exact) mass is 248 g/mol. The number of rotatable bonds is 3. The SMILES string of the molecule is CCOC(=O)C(C)N1CCc2ccc(N)cc2C1. The van der Waals surface area contributed by atoms with Crippen molar-refractivity contribution in [2.75, 3.05) is 18.9 Å². The van der Waals surface area contributed by atoms with E-state index >= 15 is 0 Å². The molecule has 1 aromatic rings. The van der Waals surface area contributed by atoms with Crippen LogP contribution in [-0.2, 0) is 22.5 Å². The molecule has 4 heteroatoms. The van der Waals surface area contributed by atoms with Gasteiger partial charge in [0.05, 0.1) is 6.61 Å². The Hall–Kier alpha value is -1.55. The smallest absolute Gasteiger partial charge is 0.323 e. The number of hydrogen-bond donors (Lipinski definition) is 1. The topological polar surface area (TPSA) is 55.6 Å².